The fraction of sp³-hybridized carbons (Fsp3) is 0.522. The second-order valence-corrected chi connectivity index (χ2v) is 8.49. The molecule has 0 bridgehead atoms. The van der Waals surface area contributed by atoms with Gasteiger partial charge in [0.2, 0.25) is 0 Å². The van der Waals surface area contributed by atoms with E-state index in [-0.39, 0.29) is 17.8 Å². The summed E-state index contributed by atoms with van der Waals surface area (Å²) in [6, 6.07) is 8.32. The van der Waals surface area contributed by atoms with Gasteiger partial charge in [0.15, 0.2) is 11.5 Å². The number of hydrogen-bond acceptors (Lipinski definition) is 8. The molecule has 32 heavy (non-hydrogen) atoms. The van der Waals surface area contributed by atoms with Crippen LogP contribution in [0.2, 0.25) is 0 Å². The highest BCUT2D eigenvalue weighted by Crippen LogP contribution is 2.27. The zero-order chi connectivity index (χ0) is 22.5. The Morgan fingerprint density at radius 3 is 2.44 bits per heavy atom. The number of nitrogens with zero attached hydrogens (tertiary/aromatic N) is 3. The maximum absolute atomic E-state index is 12.1. The van der Waals surface area contributed by atoms with E-state index in [1.54, 1.807) is 0 Å². The molecule has 1 amide bonds. The van der Waals surface area contributed by atoms with E-state index in [9.17, 15) is 9.90 Å². The van der Waals surface area contributed by atoms with Crippen molar-refractivity contribution in [2.24, 2.45) is 5.73 Å². The molecule has 1 aliphatic heterocycles. The first-order valence-electron chi connectivity index (χ1n) is 11.5. The molecule has 4 rings (SSSR count). The number of rotatable bonds is 7. The molecule has 6 N–H and O–H groups in total. The summed E-state index contributed by atoms with van der Waals surface area (Å²) in [5.41, 5.74) is 8.45. The molecule has 2 heterocycles. The second-order valence-electron chi connectivity index (χ2n) is 8.49. The summed E-state index contributed by atoms with van der Waals surface area (Å²) >= 11 is 0. The Labute approximate surface area is 188 Å². The van der Waals surface area contributed by atoms with E-state index in [0.717, 1.165) is 57.5 Å². The van der Waals surface area contributed by atoms with E-state index in [0.29, 0.717) is 23.8 Å². The predicted molar refractivity (Wildman–Crippen MR) is 127 cm³/mol. The van der Waals surface area contributed by atoms with Gasteiger partial charge in [0, 0.05) is 43.6 Å². The second kappa shape index (κ2) is 10.1. The first-order valence-corrected chi connectivity index (χ1v) is 11.5. The van der Waals surface area contributed by atoms with Crippen molar-refractivity contribution in [3.63, 3.8) is 0 Å². The summed E-state index contributed by atoms with van der Waals surface area (Å²) in [5.74, 6) is 0.404. The summed E-state index contributed by atoms with van der Waals surface area (Å²) in [7, 11) is 0. The van der Waals surface area contributed by atoms with Gasteiger partial charge in [-0.2, -0.15) is 0 Å². The molecule has 1 saturated carbocycles. The highest BCUT2D eigenvalue weighted by atomic mass is 16.3. The largest absolute Gasteiger partial charge is 0.393 e. The van der Waals surface area contributed by atoms with Gasteiger partial charge in [-0.25, -0.2) is 9.97 Å². The molecular formula is C23H33N7O2. The van der Waals surface area contributed by atoms with E-state index in [2.05, 4.69) is 38.0 Å². The van der Waals surface area contributed by atoms with E-state index < -0.39 is 5.91 Å². The molecule has 1 saturated heterocycles. The number of amides is 1. The lowest BCUT2D eigenvalue weighted by Crippen LogP contribution is -2.43. The van der Waals surface area contributed by atoms with Crippen LogP contribution in [0.4, 0.5) is 23.0 Å². The van der Waals surface area contributed by atoms with E-state index in [4.69, 9.17) is 10.7 Å². The summed E-state index contributed by atoms with van der Waals surface area (Å²) in [6.45, 7) is 5.91. The van der Waals surface area contributed by atoms with Crippen LogP contribution in [0.15, 0.2) is 24.3 Å². The molecule has 9 nitrogen and oxygen atoms in total. The normalized spacial score (nSPS) is 21.2. The SMILES string of the molecule is CCc1nc(C(N)=O)c(Nc2ccc(N3CCNCC3)cc2)nc1NC1CCC(O)CC1. The summed E-state index contributed by atoms with van der Waals surface area (Å²) in [6.07, 6.45) is 3.71. The molecule has 0 atom stereocenters. The minimum Gasteiger partial charge on any atom is -0.393 e. The first-order chi connectivity index (χ1) is 15.5. The quantitative estimate of drug-likeness (QED) is 0.443. The van der Waals surface area contributed by atoms with Crippen LogP contribution in [0.3, 0.4) is 0 Å². The van der Waals surface area contributed by atoms with Gasteiger partial charge in [-0.3, -0.25) is 4.79 Å². The number of aliphatic hydroxyl groups is 1. The Morgan fingerprint density at radius 2 is 1.81 bits per heavy atom. The van der Waals surface area contributed by atoms with Crippen LogP contribution < -0.4 is 26.6 Å². The van der Waals surface area contributed by atoms with Crippen molar-refractivity contribution < 1.29 is 9.90 Å². The number of piperazine rings is 1. The Kier molecular flexibility index (Phi) is 7.06. The number of nitrogens with two attached hydrogens (primary N) is 1. The first kappa shape index (κ1) is 22.3. The van der Waals surface area contributed by atoms with Crippen LogP contribution in [-0.2, 0) is 6.42 Å². The van der Waals surface area contributed by atoms with Gasteiger partial charge in [0.25, 0.3) is 5.91 Å². The van der Waals surface area contributed by atoms with Crippen molar-refractivity contribution in [3.05, 3.63) is 35.7 Å². The molecule has 172 valence electrons. The van der Waals surface area contributed by atoms with Gasteiger partial charge < -0.3 is 31.7 Å². The molecular weight excluding hydrogens is 406 g/mol. The Bertz CT molecular complexity index is 921. The Morgan fingerprint density at radius 1 is 1.12 bits per heavy atom. The van der Waals surface area contributed by atoms with Crippen LogP contribution in [-0.4, -0.2) is 59.3 Å². The molecule has 0 radical (unpaired) electrons. The van der Waals surface area contributed by atoms with Crippen molar-refractivity contribution >= 4 is 28.9 Å². The van der Waals surface area contributed by atoms with Crippen LogP contribution >= 0.6 is 0 Å². The molecule has 1 aromatic heterocycles. The van der Waals surface area contributed by atoms with Crippen molar-refractivity contribution in [1.82, 2.24) is 15.3 Å². The summed E-state index contributed by atoms with van der Waals surface area (Å²) in [5, 5.41) is 19.8. The van der Waals surface area contributed by atoms with Crippen molar-refractivity contribution in [2.45, 2.75) is 51.2 Å². The molecule has 1 aliphatic carbocycles. The number of aromatic nitrogens is 2. The number of anilines is 4. The molecule has 0 unspecified atom stereocenters. The molecule has 2 aliphatic rings. The van der Waals surface area contributed by atoms with Crippen molar-refractivity contribution in [1.29, 1.82) is 0 Å². The number of benzene rings is 1. The van der Waals surface area contributed by atoms with Gasteiger partial charge >= 0.3 is 0 Å². The van der Waals surface area contributed by atoms with Gasteiger partial charge in [0.05, 0.1) is 11.8 Å². The third-order valence-electron chi connectivity index (χ3n) is 6.19. The van der Waals surface area contributed by atoms with Crippen molar-refractivity contribution in [3.8, 4) is 0 Å². The Balaban J connectivity index is 1.55. The third kappa shape index (κ3) is 5.28. The minimum absolute atomic E-state index is 0.137. The van der Waals surface area contributed by atoms with E-state index in [1.165, 1.54) is 5.69 Å². The van der Waals surface area contributed by atoms with Gasteiger partial charge in [0.1, 0.15) is 5.82 Å². The molecule has 0 spiro atoms. The minimum atomic E-state index is -0.612. The third-order valence-corrected chi connectivity index (χ3v) is 6.19. The maximum atomic E-state index is 12.1. The predicted octanol–water partition coefficient (Wildman–Crippen LogP) is 2.01. The fourth-order valence-electron chi connectivity index (χ4n) is 4.32. The number of nitrogens with one attached hydrogen (secondary N) is 3. The highest BCUT2D eigenvalue weighted by Gasteiger charge is 2.23. The number of aliphatic hydroxyl groups excluding tert-OH is 1. The lowest BCUT2D eigenvalue weighted by molar-refractivity contribution is 0.0996. The highest BCUT2D eigenvalue weighted by molar-refractivity contribution is 5.96. The fourth-order valence-corrected chi connectivity index (χ4v) is 4.32. The number of aryl methyl sites for hydroxylation is 1. The molecule has 1 aromatic carbocycles. The number of hydrogen-bond donors (Lipinski definition) is 5. The lowest BCUT2D eigenvalue weighted by atomic mass is 9.93. The molecule has 2 aromatic rings. The Hall–Kier alpha value is -2.91. The standard InChI is InChI=1S/C23H33N7O2/c1-2-19-22(26-16-5-9-18(31)10-6-16)29-23(20(28-19)21(24)32)27-15-3-7-17(8-4-15)30-13-11-25-12-14-30/h3-4,7-8,16,18,25,31H,2,5-6,9-14H2,1H3,(H2,24,32)(H2,26,27,29). The van der Waals surface area contributed by atoms with Gasteiger partial charge in [-0.15, -0.1) is 0 Å². The smallest absolute Gasteiger partial charge is 0.271 e. The van der Waals surface area contributed by atoms with E-state index >= 15 is 0 Å². The van der Waals surface area contributed by atoms with Crippen LogP contribution in [0.25, 0.3) is 0 Å². The van der Waals surface area contributed by atoms with E-state index in [1.807, 2.05) is 19.1 Å². The number of carbonyl (C=O) groups excluding carboxylic acids is 1. The molecule has 9 heteroatoms. The molecule has 2 fully saturated rings. The van der Waals surface area contributed by atoms with Crippen LogP contribution in [0, 0.1) is 0 Å². The van der Waals surface area contributed by atoms with Gasteiger partial charge in [-0.05, 0) is 56.4 Å². The zero-order valence-electron chi connectivity index (χ0n) is 18.6. The average molecular weight is 440 g/mol. The summed E-state index contributed by atoms with van der Waals surface area (Å²) in [4.78, 5) is 23.7. The number of carbonyl (C=O) groups is 1. The number of primary amides is 1. The van der Waals surface area contributed by atoms with Crippen LogP contribution in [0.5, 0.6) is 0 Å². The van der Waals surface area contributed by atoms with Crippen LogP contribution in [0.1, 0.15) is 48.8 Å². The topological polar surface area (TPSA) is 128 Å². The van der Waals surface area contributed by atoms with Gasteiger partial charge in [-0.1, -0.05) is 6.92 Å². The van der Waals surface area contributed by atoms with Crippen molar-refractivity contribution in [2.75, 3.05) is 41.7 Å². The zero-order valence-corrected chi connectivity index (χ0v) is 18.6. The monoisotopic (exact) mass is 439 g/mol. The average Bonchev–Trinajstić information content (AvgIpc) is 2.81. The maximum Gasteiger partial charge on any atom is 0.271 e. The summed E-state index contributed by atoms with van der Waals surface area (Å²) < 4.78 is 0. The lowest BCUT2D eigenvalue weighted by Gasteiger charge is -2.29.